The largest absolute Gasteiger partial charge is 0.463 e. The topological polar surface area (TPSA) is 55.8 Å². The van der Waals surface area contributed by atoms with E-state index in [1.165, 1.54) is 0 Å². The molecule has 4 heteroatoms. The van der Waals surface area contributed by atoms with Crippen molar-refractivity contribution in [2.45, 2.75) is 19.8 Å². The van der Waals surface area contributed by atoms with E-state index in [4.69, 9.17) is 5.11 Å². The lowest BCUT2D eigenvalue weighted by Crippen LogP contribution is -2.07. The molecule has 0 spiro atoms. The fourth-order valence-corrected chi connectivity index (χ4v) is 0.436. The Labute approximate surface area is 73.5 Å². The van der Waals surface area contributed by atoms with Crippen LogP contribution in [-0.2, 0) is 14.3 Å². The number of hydrogen-bond acceptors (Lipinski definition) is 4. The third kappa shape index (κ3) is 16.2. The molecule has 74 valence electrons. The molecule has 0 aromatic heterocycles. The van der Waals surface area contributed by atoms with Gasteiger partial charge in [0.05, 0.1) is 6.61 Å². The van der Waals surface area contributed by atoms with E-state index in [1.807, 2.05) is 6.92 Å². The molecule has 0 rings (SSSR count). The van der Waals surface area contributed by atoms with Gasteiger partial charge in [-0.1, -0.05) is 6.92 Å². The molecule has 0 unspecified atom stereocenters. The minimum atomic E-state index is -0.230. The lowest BCUT2D eigenvalue weighted by molar-refractivity contribution is -0.144. The van der Waals surface area contributed by atoms with Gasteiger partial charge < -0.3 is 14.6 Å². The fraction of sp³-hybridized carbons (Fsp3) is 0.875. The van der Waals surface area contributed by atoms with E-state index < -0.39 is 0 Å². The van der Waals surface area contributed by atoms with E-state index in [9.17, 15) is 4.79 Å². The van der Waals surface area contributed by atoms with Gasteiger partial charge >= 0.3 is 5.97 Å². The molecular formula is C8H18O4. The van der Waals surface area contributed by atoms with Gasteiger partial charge in [-0.05, 0) is 6.42 Å². The van der Waals surface area contributed by atoms with E-state index in [-0.39, 0.29) is 19.2 Å². The molecule has 0 radical (unpaired) electrons. The first kappa shape index (κ1) is 13.9. The summed E-state index contributed by atoms with van der Waals surface area (Å²) in [7, 11) is 3.25. The number of esters is 1. The molecule has 0 saturated carbocycles. The molecule has 0 aliphatic heterocycles. The molecule has 1 N–H and O–H groups in total. The van der Waals surface area contributed by atoms with E-state index >= 15 is 0 Å². The molecule has 12 heavy (non-hydrogen) atoms. The number of ether oxygens (including phenoxy) is 2. The highest BCUT2D eigenvalue weighted by atomic mass is 16.5. The van der Waals surface area contributed by atoms with Crippen molar-refractivity contribution in [3.8, 4) is 0 Å². The summed E-state index contributed by atoms with van der Waals surface area (Å²) in [6.07, 6.45) is 1.24. The monoisotopic (exact) mass is 178 g/mol. The molecule has 0 atom stereocenters. The zero-order valence-electron chi connectivity index (χ0n) is 8.00. The number of carbonyl (C=O) groups is 1. The zero-order chi connectivity index (χ0) is 9.82. The van der Waals surface area contributed by atoms with Crippen molar-refractivity contribution in [2.24, 2.45) is 0 Å². The molecule has 0 heterocycles. The minimum absolute atomic E-state index is 0.0878. The van der Waals surface area contributed by atoms with Crippen LogP contribution in [0.2, 0.25) is 0 Å². The van der Waals surface area contributed by atoms with Gasteiger partial charge in [0.15, 0.2) is 0 Å². The molecule has 0 aliphatic rings. The van der Waals surface area contributed by atoms with Crippen molar-refractivity contribution in [3.05, 3.63) is 0 Å². The maximum Gasteiger partial charge on any atom is 0.305 e. The summed E-state index contributed by atoms with van der Waals surface area (Å²) >= 11 is 0. The Hall–Kier alpha value is -0.610. The average Bonchev–Trinajstić information content (AvgIpc) is 2.03. The summed E-state index contributed by atoms with van der Waals surface area (Å²) in [5, 5.41) is 8.21. The van der Waals surface area contributed by atoms with Crippen molar-refractivity contribution < 1.29 is 19.4 Å². The Balaban J connectivity index is 0. The van der Waals surface area contributed by atoms with E-state index in [0.29, 0.717) is 6.42 Å². The summed E-state index contributed by atoms with van der Waals surface area (Å²) in [5.41, 5.74) is 0. The summed E-state index contributed by atoms with van der Waals surface area (Å²) in [6.45, 7) is 1.94. The van der Waals surface area contributed by atoms with E-state index in [2.05, 4.69) is 9.47 Å². The first-order chi connectivity index (χ1) is 5.72. The second-order valence-corrected chi connectivity index (χ2v) is 2.10. The number of hydrogen-bond donors (Lipinski definition) is 1. The Kier molecular flexibility index (Phi) is 15.1. The van der Waals surface area contributed by atoms with Crippen molar-refractivity contribution >= 4 is 5.97 Å². The van der Waals surface area contributed by atoms with Gasteiger partial charge in [-0.3, -0.25) is 4.79 Å². The number of methoxy groups -OCH3 is 1. The third-order valence-corrected chi connectivity index (χ3v) is 0.808. The van der Waals surface area contributed by atoms with Crippen LogP contribution in [0.5, 0.6) is 0 Å². The summed E-state index contributed by atoms with van der Waals surface area (Å²) in [4.78, 5) is 10.5. The van der Waals surface area contributed by atoms with Crippen LogP contribution in [-0.4, -0.2) is 38.5 Å². The quantitative estimate of drug-likeness (QED) is 0.640. The number of carbonyl (C=O) groups excluding carboxylic acids is 1. The van der Waals surface area contributed by atoms with Gasteiger partial charge in [-0.25, -0.2) is 0 Å². The standard InChI is InChI=1S/C6H12O3.C2H6O/c1-2-3-6(8)9-5-4-7;1-3-2/h7H,2-5H2,1H3;1-2H3. The molecule has 0 amide bonds. The number of aliphatic hydroxyl groups excluding tert-OH is 1. The van der Waals surface area contributed by atoms with E-state index in [1.54, 1.807) is 14.2 Å². The first-order valence-electron chi connectivity index (χ1n) is 3.89. The molecule has 0 aromatic carbocycles. The predicted molar refractivity (Wildman–Crippen MR) is 45.9 cm³/mol. The molecule has 0 aliphatic carbocycles. The van der Waals surface area contributed by atoms with Gasteiger partial charge in [0, 0.05) is 20.6 Å². The molecule has 0 fully saturated rings. The molecule has 4 nitrogen and oxygen atoms in total. The van der Waals surface area contributed by atoms with E-state index in [0.717, 1.165) is 6.42 Å². The van der Waals surface area contributed by atoms with Crippen molar-refractivity contribution in [1.82, 2.24) is 0 Å². The molecular weight excluding hydrogens is 160 g/mol. The van der Waals surface area contributed by atoms with Crippen LogP contribution in [0.1, 0.15) is 19.8 Å². The van der Waals surface area contributed by atoms with Crippen molar-refractivity contribution in [2.75, 3.05) is 27.4 Å². The fourth-order valence-electron chi connectivity index (χ4n) is 0.436. The highest BCUT2D eigenvalue weighted by Gasteiger charge is 1.97. The highest BCUT2D eigenvalue weighted by molar-refractivity contribution is 5.69. The second kappa shape index (κ2) is 13.0. The Bertz CT molecular complexity index is 93.1. The summed E-state index contributed by atoms with van der Waals surface area (Å²) in [6, 6.07) is 0. The molecule has 0 bridgehead atoms. The Morgan fingerprint density at radius 2 is 1.92 bits per heavy atom. The zero-order valence-corrected chi connectivity index (χ0v) is 8.00. The minimum Gasteiger partial charge on any atom is -0.463 e. The lowest BCUT2D eigenvalue weighted by Gasteiger charge is -1.98. The Morgan fingerprint density at radius 3 is 2.25 bits per heavy atom. The third-order valence-electron chi connectivity index (χ3n) is 0.808. The van der Waals surface area contributed by atoms with Gasteiger partial charge in [-0.15, -0.1) is 0 Å². The van der Waals surface area contributed by atoms with Gasteiger partial charge in [0.1, 0.15) is 6.61 Å². The van der Waals surface area contributed by atoms with Gasteiger partial charge in [-0.2, -0.15) is 0 Å². The van der Waals surface area contributed by atoms with Gasteiger partial charge in [0.2, 0.25) is 0 Å². The maximum absolute atomic E-state index is 10.5. The van der Waals surface area contributed by atoms with Crippen LogP contribution in [0.3, 0.4) is 0 Å². The smallest absolute Gasteiger partial charge is 0.305 e. The Morgan fingerprint density at radius 1 is 1.42 bits per heavy atom. The lowest BCUT2D eigenvalue weighted by atomic mass is 10.3. The maximum atomic E-state index is 10.5. The molecule has 0 saturated heterocycles. The van der Waals surface area contributed by atoms with Crippen molar-refractivity contribution in [1.29, 1.82) is 0 Å². The van der Waals surface area contributed by atoms with Crippen LogP contribution < -0.4 is 0 Å². The average molecular weight is 178 g/mol. The number of rotatable bonds is 4. The highest BCUT2D eigenvalue weighted by Crippen LogP contribution is 1.89. The van der Waals surface area contributed by atoms with Crippen LogP contribution in [0.15, 0.2) is 0 Å². The van der Waals surface area contributed by atoms with Crippen molar-refractivity contribution in [3.63, 3.8) is 0 Å². The van der Waals surface area contributed by atoms with Crippen LogP contribution >= 0.6 is 0 Å². The summed E-state index contributed by atoms with van der Waals surface area (Å²) < 4.78 is 8.79. The van der Waals surface area contributed by atoms with Crippen LogP contribution in [0.25, 0.3) is 0 Å². The SMILES string of the molecule is CCCC(=O)OCCO.COC. The predicted octanol–water partition coefficient (Wildman–Crippen LogP) is 0.585. The summed E-state index contributed by atoms with van der Waals surface area (Å²) in [5.74, 6) is -0.230. The van der Waals surface area contributed by atoms with Crippen LogP contribution in [0, 0.1) is 0 Å². The first-order valence-corrected chi connectivity index (χ1v) is 3.89. The van der Waals surface area contributed by atoms with Gasteiger partial charge in [0.25, 0.3) is 0 Å². The number of aliphatic hydroxyl groups is 1. The van der Waals surface area contributed by atoms with Crippen LogP contribution in [0.4, 0.5) is 0 Å². The molecule has 0 aromatic rings. The normalized spacial score (nSPS) is 8.33. The second-order valence-electron chi connectivity index (χ2n) is 2.10.